The number of carbonyl (C=O) groups excluding carboxylic acids is 8. The van der Waals surface area contributed by atoms with Gasteiger partial charge in [0.15, 0.2) is 23.1 Å². The van der Waals surface area contributed by atoms with E-state index in [1.165, 1.54) is 122 Å². The molecular weight excluding hydrogens is 1240 g/mol. The number of nitrogens with one attached hydrogen (secondary N) is 8. The average Bonchev–Trinajstić information content (AvgIpc) is 1.03. The van der Waals surface area contributed by atoms with Crippen LogP contribution in [0.5, 0.6) is 0 Å². The lowest BCUT2D eigenvalue weighted by atomic mass is 10.0. The highest BCUT2D eigenvalue weighted by molar-refractivity contribution is 5.91. The van der Waals surface area contributed by atoms with E-state index < -0.39 is 0 Å². The van der Waals surface area contributed by atoms with Crippen molar-refractivity contribution in [1.29, 1.82) is 0 Å². The third kappa shape index (κ3) is 71.3. The zero-order chi connectivity index (χ0) is 74.2. The Morgan fingerprint density at radius 2 is 0.469 bits per heavy atom. The Bertz CT molecular complexity index is 2120. The van der Waals surface area contributed by atoms with Gasteiger partial charge in [0.2, 0.25) is 35.3 Å². The van der Waals surface area contributed by atoms with Crippen LogP contribution in [0.15, 0.2) is 0 Å². The normalized spacial score (nSPS) is 12.3. The third-order valence-corrected chi connectivity index (χ3v) is 16.8. The van der Waals surface area contributed by atoms with Gasteiger partial charge in [-0.05, 0) is 89.9 Å². The monoisotopic (exact) mass is 1390 g/mol. The average molecular weight is 1390 g/mol. The van der Waals surface area contributed by atoms with E-state index in [1.807, 2.05) is 27.7 Å². The van der Waals surface area contributed by atoms with Crippen molar-refractivity contribution in [3.05, 3.63) is 0 Å². The lowest BCUT2D eigenvalue weighted by molar-refractivity contribution is -0.460. The molecule has 0 fully saturated rings. The molecule has 0 saturated carbocycles. The van der Waals surface area contributed by atoms with Gasteiger partial charge in [-0.2, -0.15) is 0 Å². The molecule has 20 N–H and O–H groups in total. The van der Waals surface area contributed by atoms with E-state index in [4.69, 9.17) is 34.4 Å². The van der Waals surface area contributed by atoms with Crippen molar-refractivity contribution in [2.24, 2.45) is 34.4 Å². The Hall–Kier alpha value is -5.96. The van der Waals surface area contributed by atoms with Gasteiger partial charge < -0.3 is 21.3 Å². The van der Waals surface area contributed by atoms with Crippen molar-refractivity contribution in [2.45, 2.75) is 389 Å². The van der Waals surface area contributed by atoms with Crippen LogP contribution < -0.4 is 75.6 Å². The number of amides is 4. The molecule has 0 aliphatic heterocycles. The summed E-state index contributed by atoms with van der Waals surface area (Å²) in [5.41, 5.74) is 32.5. The maximum Gasteiger partial charge on any atom is 0.338 e. The van der Waals surface area contributed by atoms with Crippen LogP contribution in [0.25, 0.3) is 0 Å². The Balaban J connectivity index is -0.000000603. The molecule has 0 heterocycles. The first kappa shape index (κ1) is 98.4. The van der Waals surface area contributed by atoms with Gasteiger partial charge in [0, 0.05) is 65.2 Å². The van der Waals surface area contributed by atoms with Gasteiger partial charge in [-0.3, -0.25) is 92.7 Å². The largest absolute Gasteiger partial charge is 0.346 e. The minimum absolute atomic E-state index is 0.00201. The highest BCUT2D eigenvalue weighted by atomic mass is 16.2. The fourth-order valence-corrected chi connectivity index (χ4v) is 10.8. The molecule has 4 atom stereocenters. The van der Waals surface area contributed by atoms with E-state index in [1.54, 1.807) is 6.92 Å². The maximum atomic E-state index is 12.6. The van der Waals surface area contributed by atoms with E-state index >= 15 is 0 Å². The van der Waals surface area contributed by atoms with Crippen molar-refractivity contribution in [2.75, 3.05) is 26.2 Å². The quantitative estimate of drug-likeness (QED) is 0.0192. The third-order valence-electron chi connectivity index (χ3n) is 16.8. The number of nitrogens with two attached hydrogens (primary N) is 6. The van der Waals surface area contributed by atoms with Gasteiger partial charge >= 0.3 is 11.9 Å². The zero-order valence-electron chi connectivity index (χ0n) is 64.4. The fraction of sp³-hybridized carbons (Fsp3) is 0.842. The SMILES string of the molecule is CCCCCCCC(=O)NC(CCC[NH+]=C(C)N)C(=O)CC.CCCCCCCC(=O)NC(CCC[NH+]=C(N)N)C(=O)CCC.CCCCCCCC(=O)NC(CCC[NH+]=C(N)N)C(=O)CCCCCCC.CCCCCCCCCCCC(=O)NC(CCC[NH+]=C(C)N)C(=O)CC. The second-order valence-electron chi connectivity index (χ2n) is 26.6. The van der Waals surface area contributed by atoms with Crippen LogP contribution in [-0.2, 0) is 38.4 Å². The molecule has 22 nitrogen and oxygen atoms in total. The Morgan fingerprint density at radius 3 is 0.694 bits per heavy atom. The molecule has 0 bridgehead atoms. The predicted molar refractivity (Wildman–Crippen MR) is 405 cm³/mol. The van der Waals surface area contributed by atoms with Gasteiger partial charge in [-0.1, -0.05) is 209 Å². The zero-order valence-corrected chi connectivity index (χ0v) is 64.4. The first-order chi connectivity index (χ1) is 47.0. The molecule has 0 aromatic heterocycles. The Labute approximate surface area is 596 Å². The summed E-state index contributed by atoms with van der Waals surface area (Å²) in [4.78, 5) is 109. The summed E-state index contributed by atoms with van der Waals surface area (Å²) >= 11 is 0. The van der Waals surface area contributed by atoms with Crippen molar-refractivity contribution >= 4 is 70.4 Å². The summed E-state index contributed by atoms with van der Waals surface area (Å²) < 4.78 is 0. The molecule has 98 heavy (non-hydrogen) atoms. The minimum atomic E-state index is -0.390. The van der Waals surface area contributed by atoms with E-state index in [-0.39, 0.29) is 82.8 Å². The molecule has 0 saturated heterocycles. The van der Waals surface area contributed by atoms with Crippen molar-refractivity contribution in [3.63, 3.8) is 0 Å². The Morgan fingerprint density at radius 1 is 0.255 bits per heavy atom. The van der Waals surface area contributed by atoms with Crippen molar-refractivity contribution in [1.82, 2.24) is 21.3 Å². The van der Waals surface area contributed by atoms with Crippen LogP contribution in [-0.4, -0.2) is 121 Å². The number of Topliss-reactive ketones (excluding diaryl/α,β-unsaturated/α-hetero) is 4. The standard InChI is InChI=1S/C21H42N4O2.C21H41N3O2.C17H34N4O2.C17H33N3O2/c1-3-5-7-9-11-15-19(26)18(14-13-17-24-21(22)23)25-20(27)16-12-10-8-6-4-2;1-4-6-7-8-9-10-11-12-13-16-21(26)24-19(20(25)5-2)15-14-17-23-18(3)22;1-3-5-6-7-8-12-16(23)21-14(15(22)10-4-2)11-9-13-20-17(18)19;1-4-6-7-8-9-12-17(22)20-15(16(21)5-2)11-10-13-19-14(3)18/h18H,3-17H2,1-2H3,(H,25,27)(H4,22,23,24);19H,4-17H2,1-3H3,(H2,22,23)(H,24,26);14H,3-13H2,1-2H3,(H,21,23)(H4,18,19,20);15H,4-13H2,1-3H3,(H2,18,19)(H,20,22)/p+4. The molecule has 0 aliphatic rings. The Kier molecular flexibility index (Phi) is 74.1. The van der Waals surface area contributed by atoms with Gasteiger partial charge in [0.05, 0.1) is 50.3 Å². The molecule has 572 valence electrons. The van der Waals surface area contributed by atoms with Gasteiger partial charge in [-0.25, -0.2) is 0 Å². The molecule has 22 heteroatoms. The van der Waals surface area contributed by atoms with Crippen LogP contribution in [0.4, 0.5) is 0 Å². The summed E-state index contributed by atoms with van der Waals surface area (Å²) in [6.07, 6.45) is 43.8. The molecule has 0 aliphatic carbocycles. The molecule has 0 rings (SSSR count). The molecule has 0 radical (unpaired) electrons. The van der Waals surface area contributed by atoms with Crippen LogP contribution >= 0.6 is 0 Å². The van der Waals surface area contributed by atoms with Crippen LogP contribution in [0.3, 0.4) is 0 Å². The number of unbranched alkanes of at least 4 members (excludes halogenated alkanes) is 24. The highest BCUT2D eigenvalue weighted by Crippen LogP contribution is 2.14. The fourth-order valence-electron chi connectivity index (χ4n) is 10.8. The van der Waals surface area contributed by atoms with E-state index in [0.29, 0.717) is 102 Å². The van der Waals surface area contributed by atoms with Gasteiger partial charge in [0.25, 0.3) is 0 Å². The number of hydrogen-bond donors (Lipinski definition) is 14. The lowest BCUT2D eigenvalue weighted by Crippen LogP contribution is -2.78. The number of hydrogen-bond acceptors (Lipinski definition) is 8. The maximum absolute atomic E-state index is 12.6. The molecule has 0 aromatic rings. The van der Waals surface area contributed by atoms with Crippen molar-refractivity contribution < 1.29 is 58.3 Å². The van der Waals surface area contributed by atoms with Crippen LogP contribution in [0.1, 0.15) is 365 Å². The summed E-state index contributed by atoms with van der Waals surface area (Å²) in [6, 6.07) is -1.49. The van der Waals surface area contributed by atoms with Crippen molar-refractivity contribution in [3.8, 4) is 0 Å². The molecular formula is C76H154N14O8+4. The lowest BCUT2D eigenvalue weighted by Gasteiger charge is -2.17. The summed E-state index contributed by atoms with van der Waals surface area (Å²) in [6.45, 7) is 22.9. The summed E-state index contributed by atoms with van der Waals surface area (Å²) in [5, 5.41) is 11.7. The number of amidine groups is 2. The number of guanidine groups is 2. The second-order valence-corrected chi connectivity index (χ2v) is 26.6. The van der Waals surface area contributed by atoms with E-state index in [0.717, 1.165) is 109 Å². The second kappa shape index (κ2) is 73.7. The highest BCUT2D eigenvalue weighted by Gasteiger charge is 2.23. The predicted octanol–water partition coefficient (Wildman–Crippen LogP) is 5.89. The summed E-state index contributed by atoms with van der Waals surface area (Å²) in [5.74, 6) is 2.17. The van der Waals surface area contributed by atoms with Gasteiger partial charge in [0.1, 0.15) is 0 Å². The number of ketones is 4. The first-order valence-corrected chi connectivity index (χ1v) is 39.2. The van der Waals surface area contributed by atoms with E-state index in [9.17, 15) is 38.4 Å². The van der Waals surface area contributed by atoms with Gasteiger partial charge in [-0.15, -0.1) is 0 Å². The smallest absolute Gasteiger partial charge is 0.338 e. The molecule has 0 spiro atoms. The topological polar surface area (TPSA) is 397 Å². The molecule has 4 unspecified atom stereocenters. The molecule has 0 aromatic carbocycles. The molecule has 4 amide bonds. The number of rotatable bonds is 62. The first-order valence-electron chi connectivity index (χ1n) is 39.2. The van der Waals surface area contributed by atoms with Crippen LogP contribution in [0.2, 0.25) is 0 Å². The van der Waals surface area contributed by atoms with E-state index in [2.05, 4.69) is 75.9 Å². The minimum Gasteiger partial charge on any atom is -0.346 e. The van der Waals surface area contributed by atoms with Crippen LogP contribution in [0, 0.1) is 0 Å². The summed E-state index contributed by atoms with van der Waals surface area (Å²) in [7, 11) is 0. The number of carbonyl (C=O) groups is 8.